The molecule has 4 rings (SSSR count). The number of rotatable bonds is 5. The molecule has 4 aromatic rings. The minimum absolute atomic E-state index is 0.00974. The Morgan fingerprint density at radius 2 is 1.96 bits per heavy atom. The summed E-state index contributed by atoms with van der Waals surface area (Å²) in [6.07, 6.45) is 1.67. The van der Waals surface area contributed by atoms with Crippen LogP contribution in [0.4, 0.5) is 4.39 Å². The van der Waals surface area contributed by atoms with Gasteiger partial charge in [-0.3, -0.25) is 0 Å². The molecule has 0 saturated carbocycles. The molecule has 140 valence electrons. The van der Waals surface area contributed by atoms with Gasteiger partial charge in [-0.25, -0.2) is 19.2 Å². The molecule has 7 heteroatoms. The van der Waals surface area contributed by atoms with E-state index < -0.39 is 11.8 Å². The maximum absolute atomic E-state index is 13.5. The molecule has 0 bridgehead atoms. The summed E-state index contributed by atoms with van der Waals surface area (Å²) in [5.41, 5.74) is 1.86. The van der Waals surface area contributed by atoms with Gasteiger partial charge in [-0.2, -0.15) is 0 Å². The first-order valence-electron chi connectivity index (χ1n) is 8.58. The average molecular weight is 394 g/mol. The van der Waals surface area contributed by atoms with Crippen molar-refractivity contribution in [2.75, 3.05) is 6.61 Å². The lowest BCUT2D eigenvalue weighted by Crippen LogP contribution is -2.00. The Kier molecular flexibility index (Phi) is 4.75. The maximum Gasteiger partial charge on any atom is 0.336 e. The van der Waals surface area contributed by atoms with Gasteiger partial charge in [0, 0.05) is 17.1 Å². The lowest BCUT2D eigenvalue weighted by molar-refractivity contribution is 0.0699. The van der Waals surface area contributed by atoms with Crippen LogP contribution < -0.4 is 4.74 Å². The Labute approximate surface area is 164 Å². The van der Waals surface area contributed by atoms with E-state index in [4.69, 9.17) is 4.74 Å². The van der Waals surface area contributed by atoms with E-state index in [1.165, 1.54) is 35.6 Å². The summed E-state index contributed by atoms with van der Waals surface area (Å²) in [5, 5.41) is 10.6. The smallest absolute Gasteiger partial charge is 0.336 e. The van der Waals surface area contributed by atoms with Crippen LogP contribution in [0.15, 0.2) is 54.7 Å². The van der Waals surface area contributed by atoms with E-state index in [1.807, 2.05) is 31.2 Å². The summed E-state index contributed by atoms with van der Waals surface area (Å²) in [6, 6.07) is 13.0. The van der Waals surface area contributed by atoms with E-state index in [-0.39, 0.29) is 10.9 Å². The Morgan fingerprint density at radius 1 is 1.18 bits per heavy atom. The molecular weight excluding hydrogens is 379 g/mol. The van der Waals surface area contributed by atoms with E-state index in [0.29, 0.717) is 17.8 Å². The minimum Gasteiger partial charge on any atom is -0.494 e. The number of ether oxygens (including phenoxy) is 1. The van der Waals surface area contributed by atoms with Crippen LogP contribution in [0.25, 0.3) is 32.0 Å². The Bertz CT molecular complexity index is 1170. The number of carboxylic acids is 1. The fraction of sp³-hybridized carbons (Fsp3) is 0.0952. The zero-order chi connectivity index (χ0) is 19.7. The van der Waals surface area contributed by atoms with Gasteiger partial charge in [0.2, 0.25) is 0 Å². The van der Waals surface area contributed by atoms with Crippen molar-refractivity contribution < 1.29 is 19.0 Å². The van der Waals surface area contributed by atoms with Crippen LogP contribution in [0.5, 0.6) is 5.75 Å². The third-order valence-electron chi connectivity index (χ3n) is 4.17. The molecule has 2 aromatic carbocycles. The molecular formula is C21H15FN2O3S. The van der Waals surface area contributed by atoms with Crippen LogP contribution >= 0.6 is 11.3 Å². The van der Waals surface area contributed by atoms with Crippen molar-refractivity contribution in [1.82, 2.24) is 9.97 Å². The predicted molar refractivity (Wildman–Crippen MR) is 106 cm³/mol. The number of aromatic nitrogens is 2. The number of halogens is 1. The molecule has 0 radical (unpaired) electrons. The molecule has 0 aliphatic carbocycles. The average Bonchev–Trinajstić information content (AvgIpc) is 3.18. The normalized spacial score (nSPS) is 10.9. The lowest BCUT2D eigenvalue weighted by Gasteiger charge is -2.05. The van der Waals surface area contributed by atoms with Gasteiger partial charge in [0.25, 0.3) is 0 Å². The second-order valence-electron chi connectivity index (χ2n) is 6.01. The van der Waals surface area contributed by atoms with Crippen LogP contribution in [0.2, 0.25) is 0 Å². The van der Waals surface area contributed by atoms with Crippen LogP contribution in [-0.4, -0.2) is 27.7 Å². The van der Waals surface area contributed by atoms with Crippen molar-refractivity contribution in [2.24, 2.45) is 0 Å². The van der Waals surface area contributed by atoms with Gasteiger partial charge in [0.15, 0.2) is 0 Å². The quantitative estimate of drug-likeness (QED) is 0.500. The Morgan fingerprint density at radius 3 is 2.68 bits per heavy atom. The van der Waals surface area contributed by atoms with Gasteiger partial charge in [-0.15, -0.1) is 11.3 Å². The molecule has 0 aliphatic rings. The van der Waals surface area contributed by atoms with E-state index in [9.17, 15) is 14.3 Å². The van der Waals surface area contributed by atoms with Gasteiger partial charge in [0.1, 0.15) is 16.6 Å². The highest BCUT2D eigenvalue weighted by molar-refractivity contribution is 7.18. The molecule has 0 atom stereocenters. The third-order valence-corrected chi connectivity index (χ3v) is 5.24. The van der Waals surface area contributed by atoms with E-state index in [0.717, 1.165) is 21.2 Å². The van der Waals surface area contributed by atoms with E-state index in [2.05, 4.69) is 9.97 Å². The number of fused-ring (bicyclic) bond motifs is 1. The molecule has 5 nitrogen and oxygen atoms in total. The van der Waals surface area contributed by atoms with Gasteiger partial charge in [-0.1, -0.05) is 0 Å². The minimum atomic E-state index is -1.13. The first-order valence-corrected chi connectivity index (χ1v) is 9.40. The monoisotopic (exact) mass is 394 g/mol. The number of thiazole rings is 1. The SMILES string of the molecule is CCOc1ccc(-c2ncc(-c3cc(C(=O)O)c4cc(F)ccc4n3)s2)cc1. The van der Waals surface area contributed by atoms with Crippen molar-refractivity contribution in [3.8, 4) is 26.9 Å². The molecule has 1 N–H and O–H groups in total. The van der Waals surface area contributed by atoms with Gasteiger partial charge in [0.05, 0.1) is 28.3 Å². The predicted octanol–water partition coefficient (Wildman–Crippen LogP) is 5.26. The molecule has 2 aromatic heterocycles. The number of aromatic carboxylic acids is 1. The van der Waals surface area contributed by atoms with Crippen molar-refractivity contribution in [3.05, 3.63) is 66.1 Å². The number of hydrogen-bond acceptors (Lipinski definition) is 5. The van der Waals surface area contributed by atoms with E-state index >= 15 is 0 Å². The molecule has 0 saturated heterocycles. The van der Waals surface area contributed by atoms with E-state index in [1.54, 1.807) is 6.20 Å². The summed E-state index contributed by atoms with van der Waals surface area (Å²) >= 11 is 1.41. The largest absolute Gasteiger partial charge is 0.494 e. The number of carboxylic acid groups (broad SMARTS) is 1. The molecule has 0 spiro atoms. The maximum atomic E-state index is 13.5. The summed E-state index contributed by atoms with van der Waals surface area (Å²) in [6.45, 7) is 2.53. The van der Waals surface area contributed by atoms with Gasteiger partial charge in [-0.05, 0) is 55.5 Å². The zero-order valence-electron chi connectivity index (χ0n) is 14.8. The fourth-order valence-electron chi connectivity index (χ4n) is 2.89. The summed E-state index contributed by atoms with van der Waals surface area (Å²) in [7, 11) is 0. The summed E-state index contributed by atoms with van der Waals surface area (Å²) in [4.78, 5) is 21.3. The summed E-state index contributed by atoms with van der Waals surface area (Å²) in [5.74, 6) is -0.840. The molecule has 28 heavy (non-hydrogen) atoms. The Balaban J connectivity index is 1.75. The summed E-state index contributed by atoms with van der Waals surface area (Å²) < 4.78 is 19.0. The third kappa shape index (κ3) is 3.44. The van der Waals surface area contributed by atoms with Crippen LogP contribution in [0.1, 0.15) is 17.3 Å². The first-order chi connectivity index (χ1) is 13.5. The van der Waals surface area contributed by atoms with Crippen molar-refractivity contribution >= 4 is 28.2 Å². The topological polar surface area (TPSA) is 72.3 Å². The second kappa shape index (κ2) is 7.36. The highest BCUT2D eigenvalue weighted by Crippen LogP contribution is 2.33. The number of hydrogen-bond donors (Lipinski definition) is 1. The fourth-order valence-corrected chi connectivity index (χ4v) is 3.77. The number of pyridine rings is 1. The number of benzene rings is 2. The first kappa shape index (κ1) is 18.1. The highest BCUT2D eigenvalue weighted by Gasteiger charge is 2.15. The molecule has 0 unspecified atom stereocenters. The van der Waals surface area contributed by atoms with Crippen molar-refractivity contribution in [1.29, 1.82) is 0 Å². The van der Waals surface area contributed by atoms with Crippen molar-refractivity contribution in [2.45, 2.75) is 6.92 Å². The zero-order valence-corrected chi connectivity index (χ0v) is 15.7. The second-order valence-corrected chi connectivity index (χ2v) is 7.04. The van der Waals surface area contributed by atoms with Crippen molar-refractivity contribution in [3.63, 3.8) is 0 Å². The number of carbonyl (C=O) groups is 1. The van der Waals surface area contributed by atoms with Crippen LogP contribution in [0, 0.1) is 5.82 Å². The standard InChI is InChI=1S/C21H15FN2O3S/c1-2-27-14-6-3-12(4-7-14)20-23-11-19(28-20)18-10-16(21(25)26)15-9-13(22)5-8-17(15)24-18/h3-11H,2H2,1H3,(H,25,26). The lowest BCUT2D eigenvalue weighted by atomic mass is 10.1. The van der Waals surface area contributed by atoms with Gasteiger partial charge >= 0.3 is 5.97 Å². The Hall–Kier alpha value is -3.32. The van der Waals surface area contributed by atoms with Crippen LogP contribution in [-0.2, 0) is 0 Å². The highest BCUT2D eigenvalue weighted by atomic mass is 32.1. The molecule has 0 amide bonds. The van der Waals surface area contributed by atoms with Crippen LogP contribution in [0.3, 0.4) is 0 Å². The molecule has 0 fully saturated rings. The molecule has 2 heterocycles. The van der Waals surface area contributed by atoms with Gasteiger partial charge < -0.3 is 9.84 Å². The number of nitrogens with zero attached hydrogens (tertiary/aromatic N) is 2. The molecule has 0 aliphatic heterocycles.